The van der Waals surface area contributed by atoms with E-state index in [0.717, 1.165) is 6.07 Å². The molecule has 5 nitrogen and oxygen atoms in total. The zero-order valence-corrected chi connectivity index (χ0v) is 15.8. The van der Waals surface area contributed by atoms with E-state index in [-0.39, 0.29) is 33.7 Å². The van der Waals surface area contributed by atoms with Crippen molar-refractivity contribution in [2.45, 2.75) is 38.0 Å². The third-order valence-electron chi connectivity index (χ3n) is 5.04. The van der Waals surface area contributed by atoms with Gasteiger partial charge in [-0.05, 0) is 43.0 Å². The third kappa shape index (κ3) is 3.35. The number of carbonyl (C=O) groups excluding carboxylic acids is 1. The number of amides is 2. The predicted octanol–water partition coefficient (Wildman–Crippen LogP) is 5.42. The van der Waals surface area contributed by atoms with Crippen molar-refractivity contribution in [3.8, 4) is 5.88 Å². The molecule has 2 atom stereocenters. The van der Waals surface area contributed by atoms with Crippen molar-refractivity contribution in [3.05, 3.63) is 51.4 Å². The van der Waals surface area contributed by atoms with E-state index in [2.05, 4.69) is 15.0 Å². The standard InChI is InChI=1S/C18H14Cl2F3N3O2/c19-11-6-13(21)14(7-12(11)20)25-18(27)26-8-1-2-15(26)9-3-4-24-16(10(9)5-8)28-17(22)23/h3-4,6-8,15,17H,1-2,5H2,(H,25,27)/t8-,15+/m0/s1. The van der Waals surface area contributed by atoms with Gasteiger partial charge in [0.15, 0.2) is 0 Å². The summed E-state index contributed by atoms with van der Waals surface area (Å²) in [6.07, 6.45) is 3.06. The van der Waals surface area contributed by atoms with Crippen molar-refractivity contribution in [3.63, 3.8) is 0 Å². The van der Waals surface area contributed by atoms with Crippen LogP contribution in [0.4, 0.5) is 23.7 Å². The Morgan fingerprint density at radius 1 is 1.29 bits per heavy atom. The van der Waals surface area contributed by atoms with Crippen molar-refractivity contribution >= 4 is 34.9 Å². The molecule has 1 aromatic carbocycles. The number of nitrogens with zero attached hydrogens (tertiary/aromatic N) is 2. The number of halogens is 5. The maximum absolute atomic E-state index is 14.1. The monoisotopic (exact) mass is 431 g/mol. The molecule has 0 spiro atoms. The molecule has 0 radical (unpaired) electrons. The van der Waals surface area contributed by atoms with Crippen LogP contribution in [0.15, 0.2) is 24.4 Å². The van der Waals surface area contributed by atoms with Crippen molar-refractivity contribution < 1.29 is 22.7 Å². The van der Waals surface area contributed by atoms with Crippen LogP contribution < -0.4 is 10.1 Å². The van der Waals surface area contributed by atoms with Crippen molar-refractivity contribution in [1.82, 2.24) is 9.88 Å². The Hall–Kier alpha value is -2.19. The second-order valence-electron chi connectivity index (χ2n) is 6.60. The minimum Gasteiger partial charge on any atom is -0.417 e. The van der Waals surface area contributed by atoms with Gasteiger partial charge in [0.1, 0.15) is 5.82 Å². The molecule has 10 heteroatoms. The lowest BCUT2D eigenvalue weighted by Gasteiger charge is -2.36. The van der Waals surface area contributed by atoms with Gasteiger partial charge in [-0.25, -0.2) is 14.2 Å². The Labute approximate surface area is 168 Å². The van der Waals surface area contributed by atoms with Gasteiger partial charge in [0, 0.05) is 17.8 Å². The molecule has 1 aromatic heterocycles. The summed E-state index contributed by atoms with van der Waals surface area (Å²) >= 11 is 11.7. The first-order valence-electron chi connectivity index (χ1n) is 8.51. The fraction of sp³-hybridized carbons (Fsp3) is 0.333. The highest BCUT2D eigenvalue weighted by Crippen LogP contribution is 2.46. The van der Waals surface area contributed by atoms with Crippen molar-refractivity contribution in [2.75, 3.05) is 5.32 Å². The largest absolute Gasteiger partial charge is 0.417 e. The van der Waals surface area contributed by atoms with Crippen LogP contribution in [-0.4, -0.2) is 28.6 Å². The maximum atomic E-state index is 14.1. The number of aromatic nitrogens is 1. The van der Waals surface area contributed by atoms with E-state index in [4.69, 9.17) is 23.2 Å². The predicted molar refractivity (Wildman–Crippen MR) is 97.6 cm³/mol. The van der Waals surface area contributed by atoms with Crippen LogP contribution in [0.5, 0.6) is 5.88 Å². The van der Waals surface area contributed by atoms with Gasteiger partial charge in [0.2, 0.25) is 5.88 Å². The smallest absolute Gasteiger partial charge is 0.388 e. The highest BCUT2D eigenvalue weighted by molar-refractivity contribution is 6.42. The molecule has 1 fully saturated rings. The van der Waals surface area contributed by atoms with E-state index in [1.54, 1.807) is 11.0 Å². The molecule has 4 rings (SSSR count). The topological polar surface area (TPSA) is 54.5 Å². The molecule has 0 unspecified atom stereocenters. The molecule has 2 aromatic rings. The van der Waals surface area contributed by atoms with Crippen molar-refractivity contribution in [2.24, 2.45) is 0 Å². The van der Waals surface area contributed by atoms with Crippen LogP contribution in [-0.2, 0) is 6.42 Å². The molecule has 2 amide bonds. The Balaban J connectivity index is 1.61. The van der Waals surface area contributed by atoms with E-state index in [0.29, 0.717) is 30.4 Å². The number of alkyl halides is 2. The number of hydrogen-bond acceptors (Lipinski definition) is 3. The number of hydrogen-bond donors (Lipinski definition) is 1. The van der Waals surface area contributed by atoms with Gasteiger partial charge < -0.3 is 15.0 Å². The molecule has 0 saturated carbocycles. The molecule has 0 aliphatic carbocycles. The Bertz CT molecular complexity index is 945. The van der Waals surface area contributed by atoms with Gasteiger partial charge in [-0.1, -0.05) is 23.2 Å². The zero-order valence-electron chi connectivity index (χ0n) is 14.3. The third-order valence-corrected chi connectivity index (χ3v) is 5.76. The van der Waals surface area contributed by atoms with Gasteiger partial charge in [-0.2, -0.15) is 8.78 Å². The number of anilines is 1. The van der Waals surface area contributed by atoms with Crippen LogP contribution in [0.3, 0.4) is 0 Å². The van der Waals surface area contributed by atoms with Gasteiger partial charge in [-0.15, -0.1) is 0 Å². The highest BCUT2D eigenvalue weighted by atomic mass is 35.5. The SMILES string of the molecule is O=C(Nc1cc(Cl)c(Cl)cc1F)N1[C@H]2CC[C@@H]1c1ccnc(OC(F)F)c1C2. The summed E-state index contributed by atoms with van der Waals surface area (Å²) in [5.74, 6) is -0.815. The fourth-order valence-electron chi connectivity index (χ4n) is 3.92. The summed E-state index contributed by atoms with van der Waals surface area (Å²) in [5.41, 5.74) is 1.21. The molecule has 1 saturated heterocycles. The molecule has 3 heterocycles. The summed E-state index contributed by atoms with van der Waals surface area (Å²) < 4.78 is 43.9. The second kappa shape index (κ2) is 7.33. The first-order chi connectivity index (χ1) is 13.3. The van der Waals surface area contributed by atoms with E-state index >= 15 is 0 Å². The minimum atomic E-state index is -2.98. The lowest BCUT2D eigenvalue weighted by atomic mass is 9.95. The first kappa shape index (κ1) is 19.1. The minimum absolute atomic E-state index is 0.0446. The number of nitrogens with one attached hydrogen (secondary N) is 1. The van der Waals surface area contributed by atoms with E-state index in [1.165, 1.54) is 12.3 Å². The average Bonchev–Trinajstić information content (AvgIpc) is 2.95. The molecule has 1 N–H and O–H groups in total. The summed E-state index contributed by atoms with van der Waals surface area (Å²) in [7, 11) is 0. The van der Waals surface area contributed by atoms with Crippen LogP contribution in [0.25, 0.3) is 0 Å². The van der Waals surface area contributed by atoms with Crippen LogP contribution in [0.2, 0.25) is 10.0 Å². The average molecular weight is 432 g/mol. The van der Waals surface area contributed by atoms with Crippen molar-refractivity contribution in [1.29, 1.82) is 0 Å². The van der Waals surface area contributed by atoms with Gasteiger partial charge in [0.05, 0.1) is 21.8 Å². The van der Waals surface area contributed by atoms with E-state index < -0.39 is 18.5 Å². The summed E-state index contributed by atoms with van der Waals surface area (Å²) in [5, 5.41) is 2.69. The van der Waals surface area contributed by atoms with Crippen LogP contribution >= 0.6 is 23.2 Å². The Morgan fingerprint density at radius 2 is 2.04 bits per heavy atom. The number of pyridine rings is 1. The molecular weight excluding hydrogens is 418 g/mol. The van der Waals surface area contributed by atoms with E-state index in [1.807, 2.05) is 0 Å². The first-order valence-corrected chi connectivity index (χ1v) is 9.27. The van der Waals surface area contributed by atoms with Gasteiger partial charge in [0.25, 0.3) is 0 Å². The second-order valence-corrected chi connectivity index (χ2v) is 7.41. The van der Waals surface area contributed by atoms with Crippen LogP contribution in [0, 0.1) is 5.82 Å². The maximum Gasteiger partial charge on any atom is 0.388 e. The van der Waals surface area contributed by atoms with Crippen LogP contribution in [0.1, 0.15) is 30.0 Å². The number of urea groups is 1. The molecule has 2 aliphatic rings. The molecule has 2 aliphatic heterocycles. The number of fused-ring (bicyclic) bond motifs is 4. The van der Waals surface area contributed by atoms with Gasteiger partial charge >= 0.3 is 12.6 Å². The number of carbonyl (C=O) groups is 1. The fourth-order valence-corrected chi connectivity index (χ4v) is 4.23. The molecular formula is C18H14Cl2F3N3O2. The van der Waals surface area contributed by atoms with Gasteiger partial charge in [-0.3, -0.25) is 0 Å². The summed E-state index contributed by atoms with van der Waals surface area (Å²) in [6.45, 7) is -2.98. The molecule has 28 heavy (non-hydrogen) atoms. The molecule has 2 bridgehead atoms. The molecule has 148 valence electrons. The summed E-state index contributed by atoms with van der Waals surface area (Å²) in [4.78, 5) is 18.4. The van der Waals surface area contributed by atoms with E-state index in [9.17, 15) is 18.0 Å². The number of rotatable bonds is 3. The Morgan fingerprint density at radius 3 is 2.79 bits per heavy atom. The zero-order chi connectivity index (χ0) is 20.0. The number of benzene rings is 1. The highest BCUT2D eigenvalue weighted by Gasteiger charge is 2.44. The number of ether oxygens (including phenoxy) is 1. The lowest BCUT2D eigenvalue weighted by molar-refractivity contribution is -0.0539. The Kier molecular flexibility index (Phi) is 5.01. The quantitative estimate of drug-likeness (QED) is 0.659. The normalized spacial score (nSPS) is 20.3. The summed E-state index contributed by atoms with van der Waals surface area (Å²) in [6, 6.07) is 2.91. The lowest BCUT2D eigenvalue weighted by Crippen LogP contribution is -2.44.